The van der Waals surface area contributed by atoms with Crippen LogP contribution in [0.25, 0.3) is 0 Å². The Kier molecular flexibility index (Phi) is 4.74. The van der Waals surface area contributed by atoms with Gasteiger partial charge in [0.15, 0.2) is 0 Å². The second-order valence-electron chi connectivity index (χ2n) is 7.64. The summed E-state index contributed by atoms with van der Waals surface area (Å²) in [6.07, 6.45) is 3.06. The maximum atomic E-state index is 13.4. The van der Waals surface area contributed by atoms with Crippen molar-refractivity contribution in [3.8, 4) is 5.75 Å². The number of nitrogens with zero attached hydrogens (tertiary/aromatic N) is 1. The molecule has 4 rings (SSSR count). The normalized spacial score (nSPS) is 27.8. The number of aliphatic hydroxyl groups is 1. The molecule has 0 spiro atoms. The Morgan fingerprint density at radius 3 is 2.44 bits per heavy atom. The number of fused-ring (bicyclic) bond motifs is 2. The highest BCUT2D eigenvalue weighted by molar-refractivity contribution is 7.89. The molecule has 3 atom stereocenters. The van der Waals surface area contributed by atoms with Crippen molar-refractivity contribution in [1.29, 1.82) is 0 Å². The average Bonchev–Trinajstić information content (AvgIpc) is 3.26. The van der Waals surface area contributed by atoms with E-state index in [4.69, 9.17) is 4.74 Å². The second-order valence-corrected chi connectivity index (χ2v) is 9.49. The molecule has 2 aromatic rings. The average molecular weight is 388 g/mol. The largest absolute Gasteiger partial charge is 0.497 e. The van der Waals surface area contributed by atoms with E-state index in [2.05, 4.69) is 0 Å². The zero-order chi connectivity index (χ0) is 19.1. The van der Waals surface area contributed by atoms with Crippen LogP contribution in [0.5, 0.6) is 5.75 Å². The minimum Gasteiger partial charge on any atom is -0.497 e. The minimum absolute atomic E-state index is 0.00229. The first-order valence-electron chi connectivity index (χ1n) is 9.32. The maximum absolute atomic E-state index is 13.4. The molecule has 0 aliphatic carbocycles. The van der Waals surface area contributed by atoms with Gasteiger partial charge in [-0.2, -0.15) is 4.31 Å². The van der Waals surface area contributed by atoms with Crippen LogP contribution >= 0.6 is 0 Å². The molecule has 27 heavy (non-hydrogen) atoms. The Balaban J connectivity index is 1.66. The first-order valence-corrected chi connectivity index (χ1v) is 10.8. The monoisotopic (exact) mass is 387 g/mol. The molecule has 2 saturated heterocycles. The Labute approximate surface area is 160 Å². The maximum Gasteiger partial charge on any atom is 0.243 e. The van der Waals surface area contributed by atoms with Gasteiger partial charge in [-0.3, -0.25) is 0 Å². The summed E-state index contributed by atoms with van der Waals surface area (Å²) in [4.78, 5) is 0.286. The van der Waals surface area contributed by atoms with Gasteiger partial charge in [0.05, 0.1) is 18.6 Å². The smallest absolute Gasteiger partial charge is 0.243 e. The van der Waals surface area contributed by atoms with E-state index < -0.39 is 15.4 Å². The van der Waals surface area contributed by atoms with Crippen LogP contribution in [0.1, 0.15) is 24.8 Å². The van der Waals surface area contributed by atoms with E-state index >= 15 is 0 Å². The lowest BCUT2D eigenvalue weighted by Gasteiger charge is -2.36. The van der Waals surface area contributed by atoms with Gasteiger partial charge in [-0.05, 0) is 55.5 Å². The van der Waals surface area contributed by atoms with Crippen molar-refractivity contribution < 1.29 is 18.3 Å². The van der Waals surface area contributed by atoms with E-state index in [0.29, 0.717) is 18.6 Å². The van der Waals surface area contributed by atoms with Gasteiger partial charge in [0, 0.05) is 17.5 Å². The second kappa shape index (κ2) is 6.93. The zero-order valence-electron chi connectivity index (χ0n) is 15.4. The molecule has 2 aromatic carbocycles. The number of hydrogen-bond acceptors (Lipinski definition) is 4. The lowest BCUT2D eigenvalue weighted by molar-refractivity contribution is 0.0889. The number of aliphatic hydroxyl groups excluding tert-OH is 1. The first kappa shape index (κ1) is 18.5. The van der Waals surface area contributed by atoms with Crippen LogP contribution in [0, 0.1) is 5.41 Å². The van der Waals surface area contributed by atoms with Crippen LogP contribution in [-0.4, -0.2) is 43.6 Å². The van der Waals surface area contributed by atoms with E-state index in [0.717, 1.165) is 18.4 Å². The van der Waals surface area contributed by atoms with Crippen LogP contribution in [0.3, 0.4) is 0 Å². The fourth-order valence-electron chi connectivity index (χ4n) is 4.88. The molecule has 0 aromatic heterocycles. The fourth-order valence-corrected chi connectivity index (χ4v) is 6.84. The molecule has 2 heterocycles. The number of methoxy groups -OCH3 is 1. The van der Waals surface area contributed by atoms with Crippen molar-refractivity contribution >= 4 is 10.0 Å². The number of rotatable bonds is 6. The van der Waals surface area contributed by atoms with Gasteiger partial charge in [0.2, 0.25) is 10.0 Å². The number of ether oxygens (including phenoxy) is 1. The van der Waals surface area contributed by atoms with Crippen molar-refractivity contribution in [3.63, 3.8) is 0 Å². The van der Waals surface area contributed by atoms with Crippen LogP contribution in [0.2, 0.25) is 0 Å². The summed E-state index contributed by atoms with van der Waals surface area (Å²) in [7, 11) is -2.05. The van der Waals surface area contributed by atoms with E-state index in [-0.39, 0.29) is 23.6 Å². The lowest BCUT2D eigenvalue weighted by Crippen LogP contribution is -2.43. The van der Waals surface area contributed by atoms with Gasteiger partial charge in [0.25, 0.3) is 0 Å². The molecule has 6 heteroatoms. The molecule has 0 amide bonds. The molecule has 1 N–H and O–H groups in total. The highest BCUT2D eigenvalue weighted by atomic mass is 32.2. The van der Waals surface area contributed by atoms with Crippen molar-refractivity contribution in [1.82, 2.24) is 4.31 Å². The summed E-state index contributed by atoms with van der Waals surface area (Å²) < 4.78 is 33.5. The summed E-state index contributed by atoms with van der Waals surface area (Å²) in [6, 6.07) is 16.4. The minimum atomic E-state index is -3.61. The molecule has 2 aliphatic rings. The fraction of sp³-hybridized carbons (Fsp3) is 0.429. The highest BCUT2D eigenvalue weighted by Gasteiger charge is 2.59. The van der Waals surface area contributed by atoms with Crippen LogP contribution in [0.4, 0.5) is 0 Å². The SMILES string of the molecule is COc1ccc(S(=O)(=O)N2[C@H]3CC[C@@H]2[C@@](CO)(Cc2ccccc2)C3)cc1. The van der Waals surface area contributed by atoms with Crippen LogP contribution in [-0.2, 0) is 16.4 Å². The molecule has 0 saturated carbocycles. The van der Waals surface area contributed by atoms with Crippen molar-refractivity contribution in [2.24, 2.45) is 5.41 Å². The number of benzene rings is 2. The molecule has 2 aliphatic heterocycles. The number of hydrogen-bond donors (Lipinski definition) is 1. The predicted octanol–water partition coefficient (Wildman–Crippen LogP) is 2.84. The molecule has 0 radical (unpaired) electrons. The summed E-state index contributed by atoms with van der Waals surface area (Å²) in [5.74, 6) is 0.632. The summed E-state index contributed by atoms with van der Waals surface area (Å²) in [5.41, 5.74) is 0.727. The van der Waals surface area contributed by atoms with Gasteiger partial charge < -0.3 is 9.84 Å². The predicted molar refractivity (Wildman–Crippen MR) is 103 cm³/mol. The third kappa shape index (κ3) is 3.06. The molecule has 5 nitrogen and oxygen atoms in total. The molecule has 2 bridgehead atoms. The van der Waals surface area contributed by atoms with Crippen molar-refractivity contribution in [2.45, 2.75) is 42.7 Å². The quantitative estimate of drug-likeness (QED) is 0.828. The molecular weight excluding hydrogens is 362 g/mol. The topological polar surface area (TPSA) is 66.8 Å². The van der Waals surface area contributed by atoms with E-state index in [1.807, 2.05) is 30.3 Å². The third-order valence-electron chi connectivity index (χ3n) is 6.14. The third-order valence-corrected chi connectivity index (χ3v) is 8.11. The van der Waals surface area contributed by atoms with E-state index in [9.17, 15) is 13.5 Å². The zero-order valence-corrected chi connectivity index (χ0v) is 16.2. The summed E-state index contributed by atoms with van der Waals surface area (Å²) >= 11 is 0. The molecule has 144 valence electrons. The summed E-state index contributed by atoms with van der Waals surface area (Å²) in [6.45, 7) is -0.00229. The Hall–Kier alpha value is -1.89. The van der Waals surface area contributed by atoms with Gasteiger partial charge in [-0.25, -0.2) is 8.42 Å². The summed E-state index contributed by atoms with van der Waals surface area (Å²) in [5, 5.41) is 10.3. The van der Waals surface area contributed by atoms with Gasteiger partial charge in [-0.15, -0.1) is 0 Å². The highest BCUT2D eigenvalue weighted by Crippen LogP contribution is 2.53. The van der Waals surface area contributed by atoms with Crippen LogP contribution in [0.15, 0.2) is 59.5 Å². The van der Waals surface area contributed by atoms with Gasteiger partial charge >= 0.3 is 0 Å². The standard InChI is InChI=1S/C21H25NO4S/c1-26-18-8-10-19(11-9-18)27(24,25)22-17-7-12-20(22)21(14-17,15-23)13-16-5-3-2-4-6-16/h2-6,8-11,17,20,23H,7,12-15H2,1H3/t17-,20+,21-/m0/s1. The molecule has 2 fully saturated rings. The van der Waals surface area contributed by atoms with E-state index in [1.165, 1.54) is 0 Å². The lowest BCUT2D eigenvalue weighted by atomic mass is 9.70. The van der Waals surface area contributed by atoms with Crippen LogP contribution < -0.4 is 4.74 Å². The van der Waals surface area contributed by atoms with Crippen molar-refractivity contribution in [3.05, 3.63) is 60.2 Å². The first-order chi connectivity index (χ1) is 13.0. The van der Waals surface area contributed by atoms with E-state index in [1.54, 1.807) is 35.7 Å². The Morgan fingerprint density at radius 2 is 1.81 bits per heavy atom. The molecular formula is C21H25NO4S. The van der Waals surface area contributed by atoms with Crippen molar-refractivity contribution in [2.75, 3.05) is 13.7 Å². The Bertz CT molecular complexity index is 898. The Morgan fingerprint density at radius 1 is 1.11 bits per heavy atom. The van der Waals surface area contributed by atoms with Gasteiger partial charge in [0.1, 0.15) is 5.75 Å². The van der Waals surface area contributed by atoms with Gasteiger partial charge in [-0.1, -0.05) is 30.3 Å². The molecule has 0 unspecified atom stereocenters. The number of sulfonamides is 1.